The summed E-state index contributed by atoms with van der Waals surface area (Å²) in [5.41, 5.74) is 3.00. The van der Waals surface area contributed by atoms with E-state index in [0.29, 0.717) is 29.8 Å². The van der Waals surface area contributed by atoms with E-state index in [2.05, 4.69) is 39.4 Å². The molecule has 4 aromatic rings. The predicted molar refractivity (Wildman–Crippen MR) is 123 cm³/mol. The number of aromatic nitrogens is 5. The number of rotatable bonds is 8. The van der Waals surface area contributed by atoms with Gasteiger partial charge in [-0.1, -0.05) is 48.1 Å². The van der Waals surface area contributed by atoms with Gasteiger partial charge in [-0.3, -0.25) is 4.57 Å². The lowest BCUT2D eigenvalue weighted by atomic mass is 10.1. The summed E-state index contributed by atoms with van der Waals surface area (Å²) in [6.07, 6.45) is 3.14. The minimum Gasteiger partial charge on any atom is -0.376 e. The lowest BCUT2D eigenvalue weighted by Crippen LogP contribution is -2.16. The van der Waals surface area contributed by atoms with Gasteiger partial charge in [-0.05, 0) is 49.1 Å². The van der Waals surface area contributed by atoms with Crippen LogP contribution in [0.15, 0.2) is 58.2 Å². The SMILES string of the molecule is CCc1ccc(-c2noc(CSc3nnc(-c4ccc(F)cc4)n3C[C@H]3CCCO3)n2)cc1. The van der Waals surface area contributed by atoms with E-state index in [1.165, 1.54) is 29.5 Å². The molecule has 1 aliphatic heterocycles. The summed E-state index contributed by atoms with van der Waals surface area (Å²) < 4.78 is 26.8. The third-order valence-corrected chi connectivity index (χ3v) is 6.59. The monoisotopic (exact) mass is 465 g/mol. The molecule has 1 aliphatic rings. The zero-order chi connectivity index (χ0) is 22.6. The van der Waals surface area contributed by atoms with E-state index < -0.39 is 0 Å². The Balaban J connectivity index is 1.34. The molecule has 0 aliphatic carbocycles. The summed E-state index contributed by atoms with van der Waals surface area (Å²) in [7, 11) is 0. The molecule has 1 fully saturated rings. The Kier molecular flexibility index (Phi) is 6.50. The molecule has 0 radical (unpaired) electrons. The van der Waals surface area contributed by atoms with E-state index in [9.17, 15) is 4.39 Å². The van der Waals surface area contributed by atoms with Crippen molar-refractivity contribution in [3.63, 3.8) is 0 Å². The Bertz CT molecular complexity index is 1200. The third kappa shape index (κ3) is 4.99. The zero-order valence-corrected chi connectivity index (χ0v) is 19.1. The zero-order valence-electron chi connectivity index (χ0n) is 18.3. The molecule has 0 bridgehead atoms. The number of benzene rings is 2. The normalized spacial score (nSPS) is 15.9. The number of hydrogen-bond donors (Lipinski definition) is 0. The fraction of sp³-hybridized carbons (Fsp3) is 0.333. The van der Waals surface area contributed by atoms with Crippen LogP contribution in [0.4, 0.5) is 4.39 Å². The van der Waals surface area contributed by atoms with Crippen molar-refractivity contribution in [2.24, 2.45) is 0 Å². The molecular weight excluding hydrogens is 441 g/mol. The fourth-order valence-electron chi connectivity index (χ4n) is 3.81. The molecule has 170 valence electrons. The van der Waals surface area contributed by atoms with Gasteiger partial charge < -0.3 is 9.26 Å². The maximum Gasteiger partial charge on any atom is 0.237 e. The first-order valence-electron chi connectivity index (χ1n) is 11.0. The molecule has 5 rings (SSSR count). The van der Waals surface area contributed by atoms with Gasteiger partial charge in [0.15, 0.2) is 11.0 Å². The number of hydrogen-bond acceptors (Lipinski definition) is 7. The number of ether oxygens (including phenoxy) is 1. The second-order valence-corrected chi connectivity index (χ2v) is 8.85. The first-order chi connectivity index (χ1) is 16.2. The smallest absolute Gasteiger partial charge is 0.237 e. The van der Waals surface area contributed by atoms with Gasteiger partial charge in [0, 0.05) is 17.7 Å². The maximum atomic E-state index is 13.4. The second-order valence-electron chi connectivity index (χ2n) is 7.91. The van der Waals surface area contributed by atoms with Crippen LogP contribution < -0.4 is 0 Å². The molecule has 1 saturated heterocycles. The highest BCUT2D eigenvalue weighted by molar-refractivity contribution is 7.98. The first-order valence-corrected chi connectivity index (χ1v) is 12.0. The summed E-state index contributed by atoms with van der Waals surface area (Å²) in [6, 6.07) is 14.5. The molecule has 9 heteroatoms. The summed E-state index contributed by atoms with van der Waals surface area (Å²) in [5, 5.41) is 13.6. The van der Waals surface area contributed by atoms with Crippen molar-refractivity contribution in [1.29, 1.82) is 0 Å². The highest BCUT2D eigenvalue weighted by atomic mass is 32.2. The highest BCUT2D eigenvalue weighted by Crippen LogP contribution is 2.29. The Morgan fingerprint density at radius 1 is 1.06 bits per heavy atom. The highest BCUT2D eigenvalue weighted by Gasteiger charge is 2.22. The second kappa shape index (κ2) is 9.84. The standard InChI is InChI=1S/C24H24FN5O2S/c1-2-16-5-7-17(8-6-16)22-26-21(32-29-22)15-33-24-28-27-23(18-9-11-19(25)12-10-18)30(24)14-20-4-3-13-31-20/h5-12,20H,2-4,13-15H2,1H3/t20-/m1/s1. The van der Waals surface area contributed by atoms with Crippen LogP contribution in [0.25, 0.3) is 22.8 Å². The molecule has 2 aromatic heterocycles. The minimum absolute atomic E-state index is 0.112. The van der Waals surface area contributed by atoms with Gasteiger partial charge in [0.25, 0.3) is 0 Å². The van der Waals surface area contributed by atoms with E-state index in [0.717, 1.165) is 42.2 Å². The van der Waals surface area contributed by atoms with Crippen LogP contribution in [-0.4, -0.2) is 37.6 Å². The van der Waals surface area contributed by atoms with Crippen LogP contribution in [0.3, 0.4) is 0 Å². The lowest BCUT2D eigenvalue weighted by molar-refractivity contribution is 0.0953. The van der Waals surface area contributed by atoms with E-state index in [1.54, 1.807) is 12.1 Å². The van der Waals surface area contributed by atoms with Gasteiger partial charge in [-0.2, -0.15) is 4.98 Å². The van der Waals surface area contributed by atoms with Gasteiger partial charge in [0.2, 0.25) is 11.7 Å². The van der Waals surface area contributed by atoms with Crippen molar-refractivity contribution in [2.75, 3.05) is 6.61 Å². The molecular formula is C24H24FN5O2S. The first kappa shape index (κ1) is 21.8. The molecule has 7 nitrogen and oxygen atoms in total. The average molecular weight is 466 g/mol. The van der Waals surface area contributed by atoms with Crippen LogP contribution in [0.5, 0.6) is 0 Å². The topological polar surface area (TPSA) is 78.9 Å². The minimum atomic E-state index is -0.282. The number of thioether (sulfide) groups is 1. The van der Waals surface area contributed by atoms with Crippen molar-refractivity contribution < 1.29 is 13.7 Å². The third-order valence-electron chi connectivity index (χ3n) is 5.64. The van der Waals surface area contributed by atoms with Crippen LogP contribution in [0.2, 0.25) is 0 Å². The number of nitrogens with zero attached hydrogens (tertiary/aromatic N) is 5. The molecule has 0 unspecified atom stereocenters. The van der Waals surface area contributed by atoms with Crippen LogP contribution in [-0.2, 0) is 23.5 Å². The molecule has 2 aromatic carbocycles. The fourth-order valence-corrected chi connectivity index (χ4v) is 4.60. The van der Waals surface area contributed by atoms with Crippen molar-refractivity contribution in [3.8, 4) is 22.8 Å². The van der Waals surface area contributed by atoms with Crippen LogP contribution >= 0.6 is 11.8 Å². The van der Waals surface area contributed by atoms with E-state index in [1.807, 2.05) is 16.7 Å². The van der Waals surface area contributed by atoms with Gasteiger partial charge in [-0.25, -0.2) is 4.39 Å². The summed E-state index contributed by atoms with van der Waals surface area (Å²) in [6.45, 7) is 3.53. The van der Waals surface area contributed by atoms with Crippen molar-refractivity contribution in [3.05, 3.63) is 65.8 Å². The van der Waals surface area contributed by atoms with Gasteiger partial charge in [-0.15, -0.1) is 10.2 Å². The molecule has 3 heterocycles. The molecule has 1 atom stereocenters. The van der Waals surface area contributed by atoms with E-state index in [-0.39, 0.29) is 11.9 Å². The van der Waals surface area contributed by atoms with E-state index >= 15 is 0 Å². The van der Waals surface area contributed by atoms with Crippen molar-refractivity contribution >= 4 is 11.8 Å². The van der Waals surface area contributed by atoms with E-state index in [4.69, 9.17) is 9.26 Å². The predicted octanol–water partition coefficient (Wildman–Crippen LogP) is 5.17. The Morgan fingerprint density at radius 2 is 1.85 bits per heavy atom. The average Bonchev–Trinajstić information content (AvgIpc) is 3.61. The maximum absolute atomic E-state index is 13.4. The molecule has 0 spiro atoms. The Morgan fingerprint density at radius 3 is 2.58 bits per heavy atom. The summed E-state index contributed by atoms with van der Waals surface area (Å²) in [5.74, 6) is 1.96. The largest absolute Gasteiger partial charge is 0.376 e. The summed E-state index contributed by atoms with van der Waals surface area (Å²) >= 11 is 1.48. The molecule has 33 heavy (non-hydrogen) atoms. The van der Waals surface area contributed by atoms with Gasteiger partial charge in [0.1, 0.15) is 5.82 Å². The molecule has 0 amide bonds. The molecule has 0 N–H and O–H groups in total. The van der Waals surface area contributed by atoms with Crippen LogP contribution in [0.1, 0.15) is 31.2 Å². The Labute approximate surface area is 195 Å². The van der Waals surface area contributed by atoms with Crippen LogP contribution in [0, 0.1) is 5.82 Å². The molecule has 0 saturated carbocycles. The number of halogens is 1. The van der Waals surface area contributed by atoms with Gasteiger partial charge >= 0.3 is 0 Å². The quantitative estimate of drug-likeness (QED) is 0.332. The Hall–Kier alpha value is -3.04. The van der Waals surface area contributed by atoms with Gasteiger partial charge in [0.05, 0.1) is 18.4 Å². The lowest BCUT2D eigenvalue weighted by Gasteiger charge is -2.14. The number of aryl methyl sites for hydroxylation is 1. The summed E-state index contributed by atoms with van der Waals surface area (Å²) in [4.78, 5) is 4.54. The van der Waals surface area contributed by atoms with Crippen molar-refractivity contribution in [2.45, 2.75) is 49.7 Å². The van der Waals surface area contributed by atoms with Crippen molar-refractivity contribution in [1.82, 2.24) is 24.9 Å².